The summed E-state index contributed by atoms with van der Waals surface area (Å²) >= 11 is 0. The summed E-state index contributed by atoms with van der Waals surface area (Å²) in [5, 5.41) is 3.30. The van der Waals surface area contributed by atoms with Gasteiger partial charge in [-0.15, -0.1) is 0 Å². The molecule has 0 aliphatic carbocycles. The van der Waals surface area contributed by atoms with E-state index in [1.807, 2.05) is 57.3 Å². The molecule has 3 rings (SSSR count). The lowest BCUT2D eigenvalue weighted by Crippen LogP contribution is -2.45. The summed E-state index contributed by atoms with van der Waals surface area (Å²) in [7, 11) is 1.69. The van der Waals surface area contributed by atoms with Crippen molar-refractivity contribution >= 4 is 5.91 Å². The van der Waals surface area contributed by atoms with Crippen LogP contribution in [0.2, 0.25) is 0 Å². The predicted molar refractivity (Wildman–Crippen MR) is 116 cm³/mol. The highest BCUT2D eigenvalue weighted by Gasteiger charge is 2.33. The van der Waals surface area contributed by atoms with Gasteiger partial charge in [0, 0.05) is 24.7 Å². The normalized spacial score (nSPS) is 18.8. The fourth-order valence-electron chi connectivity index (χ4n) is 3.85. The Labute approximate surface area is 174 Å². The molecule has 1 fully saturated rings. The lowest BCUT2D eigenvalue weighted by atomic mass is 9.86. The number of aromatic nitrogens is 1. The van der Waals surface area contributed by atoms with Gasteiger partial charge in [0.25, 0.3) is 0 Å². The lowest BCUT2D eigenvalue weighted by molar-refractivity contribution is -0.130. The number of amides is 1. The molecule has 1 aliphatic rings. The van der Waals surface area contributed by atoms with Gasteiger partial charge in [-0.25, -0.2) is 0 Å². The molecule has 0 radical (unpaired) electrons. The van der Waals surface area contributed by atoms with Crippen LogP contribution in [0.5, 0.6) is 5.75 Å². The minimum absolute atomic E-state index is 0.0680. The van der Waals surface area contributed by atoms with Gasteiger partial charge in [0.15, 0.2) is 0 Å². The number of carbonyl (C=O) groups is 1. The average molecular weight is 396 g/mol. The molecule has 1 aromatic heterocycles. The third kappa shape index (κ3) is 5.80. The highest BCUT2D eigenvalue weighted by Crippen LogP contribution is 2.31. The summed E-state index contributed by atoms with van der Waals surface area (Å²) in [5.41, 5.74) is 1.80. The summed E-state index contributed by atoms with van der Waals surface area (Å²) in [5.74, 6) is 1.29. The number of ether oxygens (including phenoxy) is 1. The maximum Gasteiger partial charge on any atom is 0.225 e. The zero-order valence-corrected chi connectivity index (χ0v) is 18.0. The number of nitrogens with one attached hydrogen (secondary N) is 1. The molecular weight excluding hydrogens is 362 g/mol. The van der Waals surface area contributed by atoms with Gasteiger partial charge in [-0.1, -0.05) is 39.0 Å². The molecule has 1 N–H and O–H groups in total. The monoisotopic (exact) mass is 395 g/mol. The van der Waals surface area contributed by atoms with Crippen molar-refractivity contribution in [2.75, 3.05) is 20.2 Å². The van der Waals surface area contributed by atoms with E-state index in [-0.39, 0.29) is 11.9 Å². The van der Waals surface area contributed by atoms with Crippen LogP contribution in [-0.4, -0.2) is 36.0 Å². The number of hydrogen-bond donors (Lipinski definition) is 1. The predicted octanol–water partition coefficient (Wildman–Crippen LogP) is 4.21. The van der Waals surface area contributed by atoms with E-state index in [0.29, 0.717) is 5.92 Å². The van der Waals surface area contributed by atoms with E-state index in [0.717, 1.165) is 43.9 Å². The SMILES string of the molecule is COc1ccc(CN2CCC[C@H]([C@H](NC(=O)C(C)(C)C)c3ccccn3)C2)cc1. The highest BCUT2D eigenvalue weighted by atomic mass is 16.5. The fraction of sp³-hybridized carbons (Fsp3) is 0.500. The molecule has 0 unspecified atom stereocenters. The quantitative estimate of drug-likeness (QED) is 0.796. The Morgan fingerprint density at radius 2 is 2.00 bits per heavy atom. The number of likely N-dealkylation sites (tertiary alicyclic amines) is 1. The van der Waals surface area contributed by atoms with Crippen LogP contribution in [0.4, 0.5) is 0 Å². The molecule has 1 amide bonds. The van der Waals surface area contributed by atoms with Crippen LogP contribution in [0.1, 0.15) is 50.9 Å². The molecule has 1 saturated heterocycles. The van der Waals surface area contributed by atoms with Gasteiger partial charge in [0.1, 0.15) is 5.75 Å². The van der Waals surface area contributed by atoms with Crippen molar-refractivity contribution in [1.82, 2.24) is 15.2 Å². The number of benzene rings is 1. The summed E-state index contributed by atoms with van der Waals surface area (Å²) in [6.45, 7) is 8.78. The van der Waals surface area contributed by atoms with Crippen molar-refractivity contribution in [3.05, 3.63) is 59.9 Å². The lowest BCUT2D eigenvalue weighted by Gasteiger charge is -2.38. The van der Waals surface area contributed by atoms with Gasteiger partial charge in [-0.05, 0) is 55.1 Å². The molecule has 2 aromatic rings. The Hall–Kier alpha value is -2.40. The molecule has 0 spiro atoms. The fourth-order valence-corrected chi connectivity index (χ4v) is 3.85. The Bertz CT molecular complexity index is 784. The van der Waals surface area contributed by atoms with Gasteiger partial charge < -0.3 is 10.1 Å². The number of pyridine rings is 1. The van der Waals surface area contributed by atoms with Crippen LogP contribution in [0.15, 0.2) is 48.7 Å². The second kappa shape index (κ2) is 9.40. The maximum absolute atomic E-state index is 12.8. The van der Waals surface area contributed by atoms with Gasteiger partial charge in [0.2, 0.25) is 5.91 Å². The summed E-state index contributed by atoms with van der Waals surface area (Å²) < 4.78 is 5.26. The molecule has 5 heteroatoms. The minimum Gasteiger partial charge on any atom is -0.497 e. The Morgan fingerprint density at radius 3 is 2.62 bits per heavy atom. The standard InChI is InChI=1S/C24H33N3O2/c1-24(2,3)23(28)26-22(21-9-5-6-14-25-21)19-8-7-15-27(17-19)16-18-10-12-20(29-4)13-11-18/h5-6,9-14,19,22H,7-8,15-17H2,1-4H3,(H,26,28)/t19-,22-/m0/s1. The molecular formula is C24H33N3O2. The first kappa shape index (κ1) is 21.3. The zero-order valence-electron chi connectivity index (χ0n) is 18.0. The number of carbonyl (C=O) groups excluding carboxylic acids is 1. The van der Waals surface area contributed by atoms with Crippen molar-refractivity contribution in [1.29, 1.82) is 0 Å². The third-order valence-corrected chi connectivity index (χ3v) is 5.55. The molecule has 2 heterocycles. The molecule has 5 nitrogen and oxygen atoms in total. The van der Waals surface area contributed by atoms with Crippen molar-refractivity contribution in [2.45, 2.75) is 46.2 Å². The molecule has 156 valence electrons. The van der Waals surface area contributed by atoms with Gasteiger partial charge in [0.05, 0.1) is 18.8 Å². The van der Waals surface area contributed by atoms with E-state index in [1.54, 1.807) is 7.11 Å². The van der Waals surface area contributed by atoms with Crippen molar-refractivity contribution in [3.8, 4) is 5.75 Å². The van der Waals surface area contributed by atoms with Crippen LogP contribution in [0.25, 0.3) is 0 Å². The first-order valence-electron chi connectivity index (χ1n) is 10.4. The molecule has 1 aliphatic heterocycles. The van der Waals surface area contributed by atoms with Crippen LogP contribution < -0.4 is 10.1 Å². The van der Waals surface area contributed by atoms with Gasteiger partial charge in [-0.3, -0.25) is 14.7 Å². The Kier molecular flexibility index (Phi) is 6.91. The number of hydrogen-bond acceptors (Lipinski definition) is 4. The molecule has 1 aromatic carbocycles. The third-order valence-electron chi connectivity index (χ3n) is 5.55. The van der Waals surface area contributed by atoms with Crippen molar-refractivity contribution < 1.29 is 9.53 Å². The Balaban J connectivity index is 1.73. The first-order valence-corrected chi connectivity index (χ1v) is 10.4. The second-order valence-electron chi connectivity index (χ2n) is 8.94. The summed E-state index contributed by atoms with van der Waals surface area (Å²) in [6, 6.07) is 14.1. The maximum atomic E-state index is 12.8. The van der Waals surface area contributed by atoms with Crippen molar-refractivity contribution in [2.24, 2.45) is 11.3 Å². The van der Waals surface area contributed by atoms with Gasteiger partial charge >= 0.3 is 0 Å². The average Bonchev–Trinajstić information content (AvgIpc) is 2.72. The topological polar surface area (TPSA) is 54.5 Å². The molecule has 2 atom stereocenters. The number of methoxy groups -OCH3 is 1. The van der Waals surface area contributed by atoms with Crippen molar-refractivity contribution in [3.63, 3.8) is 0 Å². The Morgan fingerprint density at radius 1 is 1.24 bits per heavy atom. The first-order chi connectivity index (χ1) is 13.9. The van der Waals surface area contributed by atoms with Crippen LogP contribution >= 0.6 is 0 Å². The second-order valence-corrected chi connectivity index (χ2v) is 8.94. The van der Waals surface area contributed by atoms with Crippen LogP contribution in [0, 0.1) is 11.3 Å². The summed E-state index contributed by atoms with van der Waals surface area (Å²) in [4.78, 5) is 19.8. The number of rotatable bonds is 6. The number of piperidine rings is 1. The molecule has 29 heavy (non-hydrogen) atoms. The van der Waals surface area contributed by atoms with Crippen LogP contribution in [0.3, 0.4) is 0 Å². The van der Waals surface area contributed by atoms with Crippen LogP contribution in [-0.2, 0) is 11.3 Å². The van der Waals surface area contributed by atoms with E-state index in [4.69, 9.17) is 4.74 Å². The van der Waals surface area contributed by atoms with E-state index >= 15 is 0 Å². The van der Waals surface area contributed by atoms with E-state index in [1.165, 1.54) is 5.56 Å². The smallest absolute Gasteiger partial charge is 0.225 e. The van der Waals surface area contributed by atoms with Gasteiger partial charge in [-0.2, -0.15) is 0 Å². The van der Waals surface area contributed by atoms with E-state index in [2.05, 4.69) is 27.3 Å². The number of nitrogens with zero attached hydrogens (tertiary/aromatic N) is 2. The molecule has 0 bridgehead atoms. The summed E-state index contributed by atoms with van der Waals surface area (Å²) in [6.07, 6.45) is 4.02. The van der Waals surface area contributed by atoms with E-state index < -0.39 is 5.41 Å². The zero-order chi connectivity index (χ0) is 20.9. The minimum atomic E-state index is -0.426. The highest BCUT2D eigenvalue weighted by molar-refractivity contribution is 5.81. The largest absolute Gasteiger partial charge is 0.497 e. The molecule has 0 saturated carbocycles. The van der Waals surface area contributed by atoms with E-state index in [9.17, 15) is 4.79 Å².